The number of rotatable bonds is 22. The van der Waals surface area contributed by atoms with Gasteiger partial charge < -0.3 is 64.8 Å². The van der Waals surface area contributed by atoms with Crippen molar-refractivity contribution in [2.75, 3.05) is 106 Å². The maximum absolute atomic E-state index is 13.8. The molecule has 8 aromatic rings. The van der Waals surface area contributed by atoms with Crippen LogP contribution in [0.15, 0.2) is 188 Å². The molecule has 110 heavy (non-hydrogen) atoms. The van der Waals surface area contributed by atoms with E-state index < -0.39 is 11.0 Å². The molecule has 0 spiro atoms. The van der Waals surface area contributed by atoms with Crippen LogP contribution in [0.1, 0.15) is 114 Å². The van der Waals surface area contributed by atoms with Crippen LogP contribution in [0.5, 0.6) is 17.2 Å². The first-order valence-corrected chi connectivity index (χ1v) is 40.1. The molecule has 5 heterocycles. The molecule has 3 unspecified atom stereocenters. The summed E-state index contributed by atoms with van der Waals surface area (Å²) >= 11 is 33.0. The number of halogens is 9. The van der Waals surface area contributed by atoms with E-state index in [-0.39, 0.29) is 120 Å². The van der Waals surface area contributed by atoms with Crippen molar-refractivity contribution in [3.05, 3.63) is 248 Å². The second-order valence-electron chi connectivity index (χ2n) is 27.2. The van der Waals surface area contributed by atoms with Crippen molar-refractivity contribution in [2.45, 2.75) is 134 Å². The van der Waals surface area contributed by atoms with Gasteiger partial charge >= 0.3 is 56.8 Å². The van der Waals surface area contributed by atoms with Gasteiger partial charge in [0, 0.05) is 119 Å². The molecule has 13 rings (SSSR count). The summed E-state index contributed by atoms with van der Waals surface area (Å²) in [5.74, 6) is 0.770. The van der Waals surface area contributed by atoms with E-state index in [4.69, 9.17) is 91.5 Å². The molecule has 0 saturated carbocycles. The van der Waals surface area contributed by atoms with E-state index in [1.165, 1.54) is 67.3 Å². The van der Waals surface area contributed by atoms with E-state index in [0.717, 1.165) is 137 Å². The molecule has 9 atom stereocenters. The van der Waals surface area contributed by atoms with Crippen LogP contribution >= 0.6 is 73.9 Å². The molecule has 0 aliphatic carbocycles. The minimum Gasteiger partial charge on any atom is -1.00 e. The first-order chi connectivity index (χ1) is 52.7. The number of piperazine rings is 3. The smallest absolute Gasteiger partial charge is 1.00 e. The van der Waals surface area contributed by atoms with Gasteiger partial charge in [0.15, 0.2) is 18.1 Å². The molecule has 0 amide bonds. The van der Waals surface area contributed by atoms with Gasteiger partial charge in [0.1, 0.15) is 47.9 Å². The molecule has 0 radical (unpaired) electrons. The Morgan fingerprint density at radius 3 is 1.36 bits per heavy atom. The number of ether oxygens (including phenoxy) is 7. The number of aromatic hydroxyl groups is 1. The van der Waals surface area contributed by atoms with Crippen LogP contribution in [-0.4, -0.2) is 153 Å². The van der Waals surface area contributed by atoms with Crippen LogP contribution in [0.3, 0.4) is 0 Å². The van der Waals surface area contributed by atoms with Crippen molar-refractivity contribution in [3.8, 4) is 17.2 Å². The second-order valence-corrected chi connectivity index (χ2v) is 30.1. The van der Waals surface area contributed by atoms with Crippen LogP contribution in [0, 0.1) is 17.5 Å². The van der Waals surface area contributed by atoms with Gasteiger partial charge in [-0.3, -0.25) is 9.80 Å². The van der Waals surface area contributed by atoms with E-state index in [0.29, 0.717) is 57.9 Å². The number of phenolic OH excluding ortho intramolecular Hbond substituents is 1. The Balaban J connectivity index is 0.000000210. The average molecular weight is 1710 g/mol. The number of aliphatic hydroxyl groups is 1. The number of carbonyl (C=O) groups excluding carboxylic acids is 1. The zero-order valence-corrected chi connectivity index (χ0v) is 71.4. The zero-order valence-electron chi connectivity index (χ0n) is 63.9. The summed E-state index contributed by atoms with van der Waals surface area (Å²) in [5, 5.41) is 24.7. The number of benzene rings is 8. The van der Waals surface area contributed by atoms with Crippen LogP contribution < -0.4 is 80.9 Å². The van der Waals surface area contributed by atoms with Crippen molar-refractivity contribution < 1.29 is 114 Å². The van der Waals surface area contributed by atoms with Crippen molar-refractivity contribution in [1.29, 1.82) is 0 Å². The largest absolute Gasteiger partial charge is 1.00 e. The first-order valence-electron chi connectivity index (χ1n) is 37.0. The number of nitrogens with one attached hydrogen (secondary N) is 1. The van der Waals surface area contributed by atoms with Crippen LogP contribution in [0.25, 0.3) is 0 Å². The third-order valence-electron chi connectivity index (χ3n) is 19.1. The van der Waals surface area contributed by atoms with Gasteiger partial charge in [0.2, 0.25) is 0 Å². The van der Waals surface area contributed by atoms with Crippen molar-refractivity contribution in [3.63, 3.8) is 0 Å². The van der Waals surface area contributed by atoms with Crippen LogP contribution in [0.4, 0.5) is 35.0 Å². The number of aliphatic hydroxyl groups excluding tert-OH is 1. The molecule has 8 aromatic carbocycles. The Morgan fingerprint density at radius 1 is 0.555 bits per heavy atom. The van der Waals surface area contributed by atoms with Crippen molar-refractivity contribution in [2.24, 2.45) is 0 Å². The van der Waals surface area contributed by atoms with Gasteiger partial charge in [-0.25, -0.2) is 18.0 Å². The van der Waals surface area contributed by atoms with E-state index in [1.807, 2.05) is 84.9 Å². The molecule has 3 N–H and O–H groups in total. The first kappa shape index (κ1) is 90.6. The van der Waals surface area contributed by atoms with E-state index in [1.54, 1.807) is 18.2 Å². The molecule has 5 fully saturated rings. The zero-order chi connectivity index (χ0) is 77.6. The summed E-state index contributed by atoms with van der Waals surface area (Å²) < 4.78 is 78.1. The van der Waals surface area contributed by atoms with Crippen LogP contribution in [-0.2, 0) is 36.8 Å². The number of anilines is 3. The molecule has 16 nitrogen and oxygen atoms in total. The van der Waals surface area contributed by atoms with Crippen molar-refractivity contribution in [1.82, 2.24) is 15.1 Å². The van der Waals surface area contributed by atoms with Gasteiger partial charge in [-0.2, -0.15) is 0 Å². The van der Waals surface area contributed by atoms with Gasteiger partial charge in [0.05, 0.1) is 70.1 Å². The number of hydrogen-bond acceptors (Lipinski definition) is 16. The maximum Gasteiger partial charge on any atom is 1.00 e. The monoisotopic (exact) mass is 1700 g/mol. The van der Waals surface area contributed by atoms with E-state index >= 15 is 0 Å². The molecule has 5 aliphatic rings. The van der Waals surface area contributed by atoms with Gasteiger partial charge in [-0.05, 0) is 167 Å². The predicted octanol–water partition coefficient (Wildman–Crippen LogP) is 16.9. The quantitative estimate of drug-likeness (QED) is 0.0255. The summed E-state index contributed by atoms with van der Waals surface area (Å²) in [6.07, 6.45) is 6.63. The molecule has 5 saturated heterocycles. The fraction of sp³-hybridized carbons (Fsp3) is 0.417. The standard InChI is InChI=1S/C31H36ClFN2O3.C24H24ClFN2O.C19H22ClFN2O2.C7H13BrO2.C3H4Cl2O2.K.H/c1-23-20-35(29-15-14-27(19-28(29)32)36-17-18-38-31-9-5-6-16-37-31)30(25-10-12-26(33)13-11-25)22-34(23)21-24-7-3-2-4-8-24;1-17-14-28(23-12-11-21(29)13-22(23)25)24(19-7-9-20(26)10-8-19)16-27(17)15-18-5-3-2-4-6-18;1-13-12-23(18-7-6-16(10-17(18)20)25-9-8-24)19(11-22-13)14-2-4-15(21)5-3-14;8-4-6-10-7-3-1-2-5-9-7;1-2(4)7-3(5)6;;/h2-4,7-8,10-15,19,23,30-31H,5-6,9,16-18,20-22H2,1H3;2-13,17,24,29H,14-16H2,1H3;2-7,10,13,19,22,24H,8-9,11-12H2,1H3;7H,1-6H2;2H,1H3;;/q;;;;;+1;-1/t23-,30+,31?;17-,24+;13-,19+;;;;/m111..../s1. The molecular weight excluding hydrogens is 1610 g/mol. The number of phenols is 1. The molecular formula is C84H100BrCl5F3KN6O10. The Labute approximate surface area is 723 Å². The maximum atomic E-state index is 13.8. The van der Waals surface area contributed by atoms with E-state index in [9.17, 15) is 23.1 Å². The summed E-state index contributed by atoms with van der Waals surface area (Å²) in [4.78, 5) is 21.5. The second kappa shape index (κ2) is 47.8. The van der Waals surface area contributed by atoms with Crippen LogP contribution in [0.2, 0.25) is 15.1 Å². The third kappa shape index (κ3) is 29.1. The minimum absolute atomic E-state index is 0. The normalized spacial score (nSPS) is 20.9. The molecule has 26 heteroatoms. The van der Waals surface area contributed by atoms with E-state index in [2.05, 4.69) is 120 Å². The topological polar surface area (TPSA) is 150 Å². The predicted molar refractivity (Wildman–Crippen MR) is 435 cm³/mol. The van der Waals surface area contributed by atoms with Gasteiger partial charge in [0.25, 0.3) is 0 Å². The average Bonchev–Trinajstić information content (AvgIpc) is 0.784. The number of alkyl halides is 2. The molecule has 0 aromatic heterocycles. The Morgan fingerprint density at radius 2 is 0.973 bits per heavy atom. The Hall–Kier alpha value is -4.93. The minimum atomic E-state index is -0.873. The Bertz CT molecular complexity index is 4000. The third-order valence-corrected chi connectivity index (χ3v) is 20.5. The molecule has 590 valence electrons. The number of nitrogens with zero attached hydrogens (tertiary/aromatic N) is 5. The fourth-order valence-electron chi connectivity index (χ4n) is 13.6. The summed E-state index contributed by atoms with van der Waals surface area (Å²) in [5.41, 5.74) is 6.94. The summed E-state index contributed by atoms with van der Waals surface area (Å²) in [6, 6.07) is 58.6. The van der Waals surface area contributed by atoms with Crippen molar-refractivity contribution >= 4 is 96.4 Å². The number of carbonyl (C=O) groups is 1. The SMILES string of the molecule is BrCCOC1CCCCO1.CC(Cl)OC(=O)Cl.C[C@@H]1CN(c2ccc(O)cc2Cl)[C@H](c2ccc(F)cc2)CN1Cc1ccccc1.C[C@@H]1CN(c2ccc(OCCO)cc2Cl)[C@H](c2ccc(F)cc2)CN1.C[C@@H]1CN(c2ccc(OCCOC3CCCCO3)cc2Cl)[C@H](c2ccc(F)cc2)CN1Cc1ccccc1.[H-].[K+]. The van der Waals surface area contributed by atoms with Gasteiger partial charge in [-0.15, -0.1) is 0 Å². The van der Waals surface area contributed by atoms with Gasteiger partial charge in [-0.1, -0.05) is 159 Å². The molecule has 5 aliphatic heterocycles. The molecule has 0 bridgehead atoms. The fourth-order valence-corrected chi connectivity index (χ4v) is 14.9. The Kier molecular flexibility index (Phi) is 39.4. The number of hydrogen-bond donors (Lipinski definition) is 3. The summed E-state index contributed by atoms with van der Waals surface area (Å²) in [6.45, 7) is 18.0. The summed E-state index contributed by atoms with van der Waals surface area (Å²) in [7, 11) is 0.